The number of hydrazine groups is 1. The minimum Gasteiger partial charge on any atom is -0.467 e. The minimum atomic E-state index is 0.274. The van der Waals surface area contributed by atoms with Crippen LogP contribution in [0.5, 0.6) is 6.01 Å². The summed E-state index contributed by atoms with van der Waals surface area (Å²) in [7, 11) is 1.53. The van der Waals surface area contributed by atoms with E-state index in [1.807, 2.05) is 0 Å². The Bertz CT molecular complexity index is 418. The molecule has 7 nitrogen and oxygen atoms in total. The van der Waals surface area contributed by atoms with Gasteiger partial charge in [0.05, 0.1) is 7.11 Å². The number of nitrogen functional groups attached to an aromatic ring is 1. The first kappa shape index (κ1) is 13.8. The van der Waals surface area contributed by atoms with E-state index in [9.17, 15) is 0 Å². The van der Waals surface area contributed by atoms with Crippen LogP contribution in [0.2, 0.25) is 0 Å². The van der Waals surface area contributed by atoms with E-state index in [0.29, 0.717) is 29.8 Å². The molecule has 1 saturated heterocycles. The predicted molar refractivity (Wildman–Crippen MR) is 73.9 cm³/mol. The molecule has 1 aliphatic rings. The van der Waals surface area contributed by atoms with Crippen molar-refractivity contribution in [1.82, 2.24) is 15.0 Å². The zero-order valence-electron chi connectivity index (χ0n) is 11.9. The first-order valence-corrected chi connectivity index (χ1v) is 6.58. The zero-order chi connectivity index (χ0) is 14.0. The summed E-state index contributed by atoms with van der Waals surface area (Å²) in [6.07, 6.45) is 1.22. The van der Waals surface area contributed by atoms with Crippen LogP contribution in [0.15, 0.2) is 0 Å². The van der Waals surface area contributed by atoms with Crippen molar-refractivity contribution >= 4 is 11.9 Å². The summed E-state index contributed by atoms with van der Waals surface area (Å²) in [4.78, 5) is 14.9. The molecule has 0 aliphatic carbocycles. The molecular formula is C12H22N6O. The van der Waals surface area contributed by atoms with Gasteiger partial charge in [-0.2, -0.15) is 15.0 Å². The molecule has 0 amide bonds. The zero-order valence-corrected chi connectivity index (χ0v) is 11.9. The van der Waals surface area contributed by atoms with Gasteiger partial charge in [0.25, 0.3) is 0 Å². The molecule has 0 aromatic carbocycles. The van der Waals surface area contributed by atoms with Crippen LogP contribution in [-0.4, -0.2) is 34.6 Å². The molecule has 1 aromatic heterocycles. The van der Waals surface area contributed by atoms with E-state index >= 15 is 0 Å². The lowest BCUT2D eigenvalue weighted by molar-refractivity contribution is 0.292. The second-order valence-corrected chi connectivity index (χ2v) is 5.30. The highest BCUT2D eigenvalue weighted by molar-refractivity contribution is 5.39. The van der Waals surface area contributed by atoms with Crippen molar-refractivity contribution in [3.05, 3.63) is 0 Å². The summed E-state index contributed by atoms with van der Waals surface area (Å²) >= 11 is 0. The Morgan fingerprint density at radius 2 is 2.00 bits per heavy atom. The summed E-state index contributed by atoms with van der Waals surface area (Å²) in [5, 5.41) is 0. The average Bonchev–Trinajstić information content (AvgIpc) is 2.42. The number of anilines is 2. The number of ether oxygens (including phenoxy) is 1. The highest BCUT2D eigenvalue weighted by atomic mass is 16.5. The van der Waals surface area contributed by atoms with Crippen LogP contribution < -0.4 is 20.9 Å². The first-order valence-electron chi connectivity index (χ1n) is 6.58. The van der Waals surface area contributed by atoms with Crippen LogP contribution in [-0.2, 0) is 0 Å². The van der Waals surface area contributed by atoms with Crippen molar-refractivity contribution in [2.24, 2.45) is 17.7 Å². The maximum atomic E-state index is 5.38. The SMILES string of the molecule is COc1nc(NN)nc(N2CC(C)CC(C)C2C)n1. The van der Waals surface area contributed by atoms with E-state index in [1.54, 1.807) is 0 Å². The number of piperidine rings is 1. The van der Waals surface area contributed by atoms with Crippen LogP contribution in [0.25, 0.3) is 0 Å². The lowest BCUT2D eigenvalue weighted by Gasteiger charge is -2.41. The van der Waals surface area contributed by atoms with Gasteiger partial charge in [-0.3, -0.25) is 5.43 Å². The van der Waals surface area contributed by atoms with Gasteiger partial charge in [0, 0.05) is 12.6 Å². The maximum absolute atomic E-state index is 5.38. The molecule has 3 N–H and O–H groups in total. The first-order chi connectivity index (χ1) is 9.05. The van der Waals surface area contributed by atoms with Gasteiger partial charge in [0.15, 0.2) is 0 Å². The Labute approximate surface area is 113 Å². The van der Waals surface area contributed by atoms with Crippen molar-refractivity contribution < 1.29 is 4.74 Å². The number of aromatic nitrogens is 3. The largest absolute Gasteiger partial charge is 0.467 e. The molecular weight excluding hydrogens is 244 g/mol. The third-order valence-corrected chi connectivity index (χ3v) is 3.77. The Balaban J connectivity index is 2.33. The Morgan fingerprint density at radius 1 is 1.26 bits per heavy atom. The smallest absolute Gasteiger partial charge is 0.322 e. The van der Waals surface area contributed by atoms with Crippen molar-refractivity contribution in [2.75, 3.05) is 24.0 Å². The predicted octanol–water partition coefficient (Wildman–Crippen LogP) is 1.04. The fraction of sp³-hybridized carbons (Fsp3) is 0.750. The van der Waals surface area contributed by atoms with Crippen molar-refractivity contribution in [1.29, 1.82) is 0 Å². The molecule has 7 heteroatoms. The van der Waals surface area contributed by atoms with Crippen LogP contribution in [0.4, 0.5) is 11.9 Å². The summed E-state index contributed by atoms with van der Waals surface area (Å²) in [6, 6.07) is 0.657. The quantitative estimate of drug-likeness (QED) is 0.624. The lowest BCUT2D eigenvalue weighted by atomic mass is 9.86. The number of methoxy groups -OCH3 is 1. The Hall–Kier alpha value is -1.63. The second kappa shape index (κ2) is 5.56. The lowest BCUT2D eigenvalue weighted by Crippen LogP contribution is -2.46. The maximum Gasteiger partial charge on any atom is 0.322 e. The highest BCUT2D eigenvalue weighted by Gasteiger charge is 2.31. The summed E-state index contributed by atoms with van der Waals surface area (Å²) in [5.74, 6) is 7.53. The fourth-order valence-corrected chi connectivity index (χ4v) is 2.61. The molecule has 19 heavy (non-hydrogen) atoms. The molecule has 106 valence electrons. The molecule has 0 spiro atoms. The molecule has 0 saturated carbocycles. The van der Waals surface area contributed by atoms with E-state index in [4.69, 9.17) is 10.6 Å². The minimum absolute atomic E-state index is 0.274. The van der Waals surface area contributed by atoms with E-state index in [-0.39, 0.29) is 6.01 Å². The summed E-state index contributed by atoms with van der Waals surface area (Å²) < 4.78 is 5.09. The Morgan fingerprint density at radius 3 is 2.63 bits per heavy atom. The molecule has 0 bridgehead atoms. The van der Waals surface area contributed by atoms with Gasteiger partial charge >= 0.3 is 6.01 Å². The molecule has 1 aliphatic heterocycles. The van der Waals surface area contributed by atoms with Gasteiger partial charge in [-0.25, -0.2) is 5.84 Å². The molecule has 0 radical (unpaired) electrons. The monoisotopic (exact) mass is 266 g/mol. The van der Waals surface area contributed by atoms with E-state index < -0.39 is 0 Å². The van der Waals surface area contributed by atoms with Gasteiger partial charge in [-0.1, -0.05) is 13.8 Å². The van der Waals surface area contributed by atoms with Crippen molar-refractivity contribution in [2.45, 2.75) is 33.2 Å². The van der Waals surface area contributed by atoms with Gasteiger partial charge in [-0.05, 0) is 25.2 Å². The van der Waals surface area contributed by atoms with Gasteiger partial charge in [0.2, 0.25) is 11.9 Å². The number of hydrogen-bond acceptors (Lipinski definition) is 7. The van der Waals surface area contributed by atoms with Crippen LogP contribution in [0.3, 0.4) is 0 Å². The van der Waals surface area contributed by atoms with E-state index in [1.165, 1.54) is 13.5 Å². The van der Waals surface area contributed by atoms with E-state index in [2.05, 4.69) is 46.0 Å². The number of nitrogens with one attached hydrogen (secondary N) is 1. The Kier molecular flexibility index (Phi) is 4.04. The second-order valence-electron chi connectivity index (χ2n) is 5.30. The highest BCUT2D eigenvalue weighted by Crippen LogP contribution is 2.30. The van der Waals surface area contributed by atoms with E-state index in [0.717, 1.165) is 6.54 Å². The van der Waals surface area contributed by atoms with Crippen molar-refractivity contribution in [3.63, 3.8) is 0 Å². The van der Waals surface area contributed by atoms with Crippen molar-refractivity contribution in [3.8, 4) is 6.01 Å². The molecule has 1 aromatic rings. The standard InChI is InChI=1S/C12H22N6O/c1-7-5-8(2)9(3)18(6-7)11-14-10(17-13)15-12(16-11)19-4/h7-9H,5-6,13H2,1-4H3,(H,14,15,16,17). The number of rotatable bonds is 3. The molecule has 2 rings (SSSR count). The van der Waals surface area contributed by atoms with Gasteiger partial charge in [0.1, 0.15) is 0 Å². The number of nitrogens with zero attached hydrogens (tertiary/aromatic N) is 4. The third kappa shape index (κ3) is 2.86. The molecule has 1 fully saturated rings. The number of nitrogens with two attached hydrogens (primary N) is 1. The van der Waals surface area contributed by atoms with Crippen LogP contribution in [0, 0.1) is 11.8 Å². The van der Waals surface area contributed by atoms with Crippen LogP contribution in [0.1, 0.15) is 27.2 Å². The summed E-state index contributed by atoms with van der Waals surface area (Å²) in [5.41, 5.74) is 2.45. The normalized spacial score (nSPS) is 27.2. The van der Waals surface area contributed by atoms with Gasteiger partial charge < -0.3 is 9.64 Å². The molecule has 2 heterocycles. The fourth-order valence-electron chi connectivity index (χ4n) is 2.61. The number of hydrogen-bond donors (Lipinski definition) is 2. The summed E-state index contributed by atoms with van der Waals surface area (Å²) in [6.45, 7) is 7.63. The van der Waals surface area contributed by atoms with Gasteiger partial charge in [-0.15, -0.1) is 0 Å². The topological polar surface area (TPSA) is 89.2 Å². The molecule has 3 unspecified atom stereocenters. The van der Waals surface area contributed by atoms with Crippen LogP contribution >= 0.6 is 0 Å². The molecule has 3 atom stereocenters. The third-order valence-electron chi connectivity index (χ3n) is 3.77. The average molecular weight is 266 g/mol.